The summed E-state index contributed by atoms with van der Waals surface area (Å²) in [6.45, 7) is 2.22. The molecular formula is C28H26N6O. The number of rotatable bonds is 4. The number of hydrogen-bond donors (Lipinski definition) is 0. The zero-order valence-electron chi connectivity index (χ0n) is 19.8. The number of anilines is 1. The van der Waals surface area contributed by atoms with Gasteiger partial charge in [0.2, 0.25) is 5.91 Å². The predicted octanol–water partition coefficient (Wildman–Crippen LogP) is 4.16. The predicted molar refractivity (Wildman–Crippen MR) is 135 cm³/mol. The van der Waals surface area contributed by atoms with Gasteiger partial charge in [0.1, 0.15) is 0 Å². The van der Waals surface area contributed by atoms with Gasteiger partial charge < -0.3 is 14.4 Å². The molecule has 35 heavy (non-hydrogen) atoms. The summed E-state index contributed by atoms with van der Waals surface area (Å²) in [6, 6.07) is 18.3. The van der Waals surface area contributed by atoms with Crippen LogP contribution in [0.1, 0.15) is 17.5 Å². The van der Waals surface area contributed by atoms with E-state index in [2.05, 4.69) is 55.5 Å². The van der Waals surface area contributed by atoms with Crippen LogP contribution in [0.3, 0.4) is 0 Å². The molecule has 6 rings (SSSR count). The second kappa shape index (κ2) is 8.26. The van der Waals surface area contributed by atoms with E-state index in [1.165, 1.54) is 0 Å². The highest BCUT2D eigenvalue weighted by molar-refractivity contribution is 5.97. The Hall–Kier alpha value is -4.15. The van der Waals surface area contributed by atoms with Gasteiger partial charge in [-0.05, 0) is 68.0 Å². The van der Waals surface area contributed by atoms with Crippen LogP contribution in [-0.4, -0.2) is 52.1 Å². The van der Waals surface area contributed by atoms with E-state index >= 15 is 0 Å². The van der Waals surface area contributed by atoms with Crippen LogP contribution in [0.4, 0.5) is 5.69 Å². The first-order valence-electron chi connectivity index (χ1n) is 11.9. The summed E-state index contributed by atoms with van der Waals surface area (Å²) in [5.74, 6) is 1.15. The number of carbonyl (C=O) groups is 1. The minimum atomic E-state index is 0.0510. The Morgan fingerprint density at radius 2 is 1.94 bits per heavy atom. The topological polar surface area (TPSA) is 70.1 Å². The monoisotopic (exact) mass is 462 g/mol. The average molecular weight is 463 g/mol. The Balaban J connectivity index is 1.38. The van der Waals surface area contributed by atoms with Gasteiger partial charge in [0.15, 0.2) is 5.82 Å². The Morgan fingerprint density at radius 3 is 2.71 bits per heavy atom. The Morgan fingerprint density at radius 1 is 1.11 bits per heavy atom. The van der Waals surface area contributed by atoms with Crippen molar-refractivity contribution in [2.75, 3.05) is 32.1 Å². The third kappa shape index (κ3) is 3.63. The smallest absolute Gasteiger partial charge is 0.231 e. The molecule has 2 aliphatic rings. The van der Waals surface area contributed by atoms with Crippen LogP contribution in [0.2, 0.25) is 0 Å². The first-order chi connectivity index (χ1) is 17.0. The molecule has 0 saturated carbocycles. The maximum atomic E-state index is 13.1. The van der Waals surface area contributed by atoms with Gasteiger partial charge in [0.25, 0.3) is 0 Å². The number of fused-ring (bicyclic) bond motifs is 5. The third-order valence-corrected chi connectivity index (χ3v) is 6.99. The fourth-order valence-corrected chi connectivity index (χ4v) is 5.30. The van der Waals surface area contributed by atoms with Crippen molar-refractivity contribution in [3.63, 3.8) is 0 Å². The molecule has 174 valence electrons. The molecule has 1 fully saturated rings. The standard InChI is InChI=1S/C28H26N6O/c1-31(2)16-21-9-11-33(28(21)35)24-7-8-25-23(13-24)18-32-17-22(20-5-3-19(15-29)4-6-20)14-26(32)27-30-10-12-34(25)27/h3-8,10,12-14,17,21H,9,11,16,18H2,1-2H3/t21-/m0/s1. The van der Waals surface area contributed by atoms with Gasteiger partial charge in [0.05, 0.1) is 28.9 Å². The van der Waals surface area contributed by atoms with Crippen molar-refractivity contribution in [1.29, 1.82) is 5.26 Å². The van der Waals surface area contributed by atoms with Crippen molar-refractivity contribution in [2.45, 2.75) is 13.0 Å². The zero-order valence-corrected chi connectivity index (χ0v) is 19.8. The lowest BCUT2D eigenvalue weighted by Crippen LogP contribution is -2.31. The molecule has 2 aromatic carbocycles. The minimum Gasteiger partial charge on any atom is -0.340 e. The Kier molecular flexibility index (Phi) is 5.05. The SMILES string of the molecule is CN(C)C[C@@H]1CCN(c2ccc3c(c2)Cn2cc(-c4ccc(C#N)cc4)cc2-c2nccn2-3)C1=O. The van der Waals surface area contributed by atoms with Gasteiger partial charge >= 0.3 is 0 Å². The molecule has 0 spiro atoms. The lowest BCUT2D eigenvalue weighted by molar-refractivity contribution is -0.120. The number of carbonyl (C=O) groups excluding carboxylic acids is 1. The van der Waals surface area contributed by atoms with E-state index in [0.29, 0.717) is 12.1 Å². The molecule has 1 amide bonds. The van der Waals surface area contributed by atoms with Gasteiger partial charge in [-0.25, -0.2) is 4.98 Å². The number of amides is 1. The molecule has 0 aliphatic carbocycles. The van der Waals surface area contributed by atoms with E-state index in [4.69, 9.17) is 5.26 Å². The van der Waals surface area contributed by atoms with Crippen LogP contribution in [0.25, 0.3) is 28.3 Å². The number of hydrogen-bond acceptors (Lipinski definition) is 4. The minimum absolute atomic E-state index is 0.0510. The van der Waals surface area contributed by atoms with Crippen LogP contribution in [-0.2, 0) is 11.3 Å². The summed E-state index contributed by atoms with van der Waals surface area (Å²) in [7, 11) is 4.03. The summed E-state index contributed by atoms with van der Waals surface area (Å²) in [4.78, 5) is 21.8. The lowest BCUT2D eigenvalue weighted by atomic mass is 10.1. The van der Waals surface area contributed by atoms with Gasteiger partial charge in [-0.1, -0.05) is 12.1 Å². The first-order valence-corrected chi connectivity index (χ1v) is 11.9. The zero-order chi connectivity index (χ0) is 24.1. The Bertz CT molecular complexity index is 1470. The normalized spacial score (nSPS) is 16.6. The Labute approximate surface area is 204 Å². The van der Waals surface area contributed by atoms with Crippen molar-refractivity contribution < 1.29 is 4.79 Å². The van der Waals surface area contributed by atoms with E-state index in [0.717, 1.165) is 59.1 Å². The van der Waals surface area contributed by atoms with Crippen LogP contribution in [0.5, 0.6) is 0 Å². The number of imidazole rings is 1. The third-order valence-electron chi connectivity index (χ3n) is 6.99. The van der Waals surface area contributed by atoms with Crippen LogP contribution < -0.4 is 4.90 Å². The molecule has 0 radical (unpaired) electrons. The summed E-state index contributed by atoms with van der Waals surface area (Å²) >= 11 is 0. The maximum Gasteiger partial charge on any atom is 0.231 e. The summed E-state index contributed by atoms with van der Waals surface area (Å²) < 4.78 is 4.35. The summed E-state index contributed by atoms with van der Waals surface area (Å²) in [6.07, 6.45) is 6.85. The molecule has 0 N–H and O–H groups in total. The molecule has 1 saturated heterocycles. The van der Waals surface area contributed by atoms with Crippen LogP contribution in [0.15, 0.2) is 67.1 Å². The van der Waals surface area contributed by atoms with E-state index < -0.39 is 0 Å². The number of aromatic nitrogens is 3. The van der Waals surface area contributed by atoms with E-state index in [9.17, 15) is 4.79 Å². The lowest BCUT2D eigenvalue weighted by Gasteiger charge is -2.20. The molecule has 2 aliphatic heterocycles. The maximum absolute atomic E-state index is 13.1. The molecule has 2 aromatic heterocycles. The van der Waals surface area contributed by atoms with Crippen LogP contribution in [0, 0.1) is 17.2 Å². The average Bonchev–Trinajstić information content (AvgIpc) is 3.57. The summed E-state index contributed by atoms with van der Waals surface area (Å²) in [5.41, 5.74) is 7.02. The first kappa shape index (κ1) is 21.4. The van der Waals surface area contributed by atoms with E-state index in [1.807, 2.05) is 55.7 Å². The quantitative estimate of drug-likeness (QED) is 0.402. The molecule has 4 aromatic rings. The van der Waals surface area contributed by atoms with Gasteiger partial charge in [-0.15, -0.1) is 0 Å². The van der Waals surface area contributed by atoms with Crippen molar-refractivity contribution in [3.8, 4) is 34.4 Å². The highest BCUT2D eigenvalue weighted by Crippen LogP contribution is 2.36. The van der Waals surface area contributed by atoms with E-state index in [1.54, 1.807) is 0 Å². The molecule has 0 unspecified atom stereocenters. The van der Waals surface area contributed by atoms with Crippen molar-refractivity contribution in [1.82, 2.24) is 19.0 Å². The van der Waals surface area contributed by atoms with Gasteiger partial charge in [-0.2, -0.15) is 5.26 Å². The number of nitriles is 1. The largest absolute Gasteiger partial charge is 0.340 e. The highest BCUT2D eigenvalue weighted by Gasteiger charge is 2.33. The second-order valence-corrected chi connectivity index (χ2v) is 9.60. The van der Waals surface area contributed by atoms with Gasteiger partial charge in [-0.3, -0.25) is 9.36 Å². The summed E-state index contributed by atoms with van der Waals surface area (Å²) in [5, 5.41) is 9.12. The molecular weight excluding hydrogens is 436 g/mol. The van der Waals surface area contributed by atoms with Gasteiger partial charge in [0, 0.05) is 49.5 Å². The molecule has 7 heteroatoms. The van der Waals surface area contributed by atoms with Crippen molar-refractivity contribution >= 4 is 11.6 Å². The molecule has 4 heterocycles. The number of benzene rings is 2. The van der Waals surface area contributed by atoms with E-state index in [-0.39, 0.29) is 11.8 Å². The van der Waals surface area contributed by atoms with Crippen molar-refractivity contribution in [3.05, 3.63) is 78.2 Å². The van der Waals surface area contributed by atoms with Crippen molar-refractivity contribution in [2.24, 2.45) is 5.92 Å². The fourth-order valence-electron chi connectivity index (χ4n) is 5.30. The second-order valence-electron chi connectivity index (χ2n) is 9.60. The highest BCUT2D eigenvalue weighted by atomic mass is 16.2. The molecule has 1 atom stereocenters. The molecule has 0 bridgehead atoms. The fraction of sp³-hybridized carbons (Fsp3) is 0.250. The molecule has 7 nitrogen and oxygen atoms in total. The number of nitrogens with zero attached hydrogens (tertiary/aromatic N) is 6. The van der Waals surface area contributed by atoms with Crippen LogP contribution >= 0.6 is 0 Å².